The summed E-state index contributed by atoms with van der Waals surface area (Å²) in [5, 5.41) is 4.15. The first kappa shape index (κ1) is 14.6. The molecule has 0 saturated carbocycles. The van der Waals surface area contributed by atoms with Crippen LogP contribution in [0.1, 0.15) is 45.8 Å². The highest BCUT2D eigenvalue weighted by Crippen LogP contribution is 2.33. The maximum Gasteiger partial charge on any atom is 0.275 e. The van der Waals surface area contributed by atoms with Gasteiger partial charge in [0.15, 0.2) is 11.4 Å². The van der Waals surface area contributed by atoms with E-state index >= 15 is 0 Å². The highest BCUT2D eigenvalue weighted by Gasteiger charge is 2.35. The van der Waals surface area contributed by atoms with Gasteiger partial charge in [-0.25, -0.2) is 9.97 Å². The molecule has 1 aliphatic heterocycles. The second kappa shape index (κ2) is 5.84. The number of primary amides is 1. The molecule has 1 saturated heterocycles. The third-order valence-electron chi connectivity index (χ3n) is 3.98. The second-order valence-electron chi connectivity index (χ2n) is 5.41. The number of rotatable bonds is 3. The number of carbonyl (C=O) groups excluding carboxylic acids is 2. The summed E-state index contributed by atoms with van der Waals surface area (Å²) in [5.41, 5.74) is 6.50. The van der Waals surface area contributed by atoms with E-state index in [0.29, 0.717) is 12.5 Å². The zero-order valence-electron chi connectivity index (χ0n) is 12.1. The van der Waals surface area contributed by atoms with Crippen LogP contribution in [-0.2, 0) is 0 Å². The third-order valence-corrected chi connectivity index (χ3v) is 4.69. The monoisotopic (exact) mass is 316 g/mol. The first-order valence-corrected chi connectivity index (χ1v) is 7.96. The molecule has 2 amide bonds. The Kier molecular flexibility index (Phi) is 3.89. The topological polar surface area (TPSA) is 89.2 Å². The van der Waals surface area contributed by atoms with Crippen molar-refractivity contribution in [1.82, 2.24) is 14.9 Å². The fourth-order valence-electron chi connectivity index (χ4n) is 2.87. The molecule has 1 fully saturated rings. The smallest absolute Gasteiger partial charge is 0.275 e. The van der Waals surface area contributed by atoms with E-state index in [4.69, 9.17) is 5.73 Å². The van der Waals surface area contributed by atoms with E-state index in [0.717, 1.165) is 6.42 Å². The van der Waals surface area contributed by atoms with Gasteiger partial charge in [0, 0.05) is 30.9 Å². The summed E-state index contributed by atoms with van der Waals surface area (Å²) in [5.74, 6) is -0.705. The molecule has 0 spiro atoms. The number of nitrogens with zero attached hydrogens (tertiary/aromatic N) is 3. The van der Waals surface area contributed by atoms with Crippen LogP contribution in [0, 0.1) is 0 Å². The molecule has 2 aromatic rings. The van der Waals surface area contributed by atoms with Gasteiger partial charge >= 0.3 is 0 Å². The van der Waals surface area contributed by atoms with Crippen LogP contribution in [0.25, 0.3) is 0 Å². The lowest BCUT2D eigenvalue weighted by Crippen LogP contribution is -2.36. The standard InChI is InChI=1S/C15H16N4O2S/c1-9-6-11(10-2-5-22-8-10)7-19(9)15(21)13-12(14(16)20)17-3-4-18-13/h2-5,8-9,11H,6-7H2,1H3,(H2,16,20)/t9-,11-/m1/s1. The van der Waals surface area contributed by atoms with Gasteiger partial charge in [-0.1, -0.05) is 0 Å². The van der Waals surface area contributed by atoms with E-state index in [2.05, 4.69) is 21.4 Å². The Morgan fingerprint density at radius 2 is 2.05 bits per heavy atom. The molecule has 2 aromatic heterocycles. The molecule has 22 heavy (non-hydrogen) atoms. The largest absolute Gasteiger partial charge is 0.364 e. The Morgan fingerprint density at radius 1 is 1.32 bits per heavy atom. The predicted octanol–water partition coefficient (Wildman–Crippen LogP) is 1.66. The van der Waals surface area contributed by atoms with E-state index in [1.165, 1.54) is 18.0 Å². The van der Waals surface area contributed by atoms with Crippen molar-refractivity contribution in [3.63, 3.8) is 0 Å². The molecule has 114 valence electrons. The quantitative estimate of drug-likeness (QED) is 0.932. The van der Waals surface area contributed by atoms with Crippen molar-refractivity contribution >= 4 is 23.2 Å². The van der Waals surface area contributed by atoms with Crippen LogP contribution >= 0.6 is 11.3 Å². The number of carbonyl (C=O) groups is 2. The maximum absolute atomic E-state index is 12.7. The van der Waals surface area contributed by atoms with E-state index in [-0.39, 0.29) is 23.3 Å². The second-order valence-corrected chi connectivity index (χ2v) is 6.19. The van der Waals surface area contributed by atoms with Gasteiger partial charge in [0.1, 0.15) is 0 Å². The van der Waals surface area contributed by atoms with E-state index in [9.17, 15) is 9.59 Å². The summed E-state index contributed by atoms with van der Waals surface area (Å²) in [6.45, 7) is 2.62. The van der Waals surface area contributed by atoms with Gasteiger partial charge in [0.2, 0.25) is 0 Å². The zero-order chi connectivity index (χ0) is 15.7. The number of nitrogens with two attached hydrogens (primary N) is 1. The Balaban J connectivity index is 1.85. The van der Waals surface area contributed by atoms with Crippen molar-refractivity contribution in [1.29, 1.82) is 0 Å². The SMILES string of the molecule is C[C@@H]1C[C@@H](c2ccsc2)CN1C(=O)c1nccnc1C(N)=O. The van der Waals surface area contributed by atoms with Crippen molar-refractivity contribution in [2.24, 2.45) is 5.73 Å². The Hall–Kier alpha value is -2.28. The summed E-state index contributed by atoms with van der Waals surface area (Å²) in [6, 6.07) is 2.17. The van der Waals surface area contributed by atoms with Crippen LogP contribution in [0.3, 0.4) is 0 Å². The molecule has 2 N–H and O–H groups in total. The fraction of sp³-hybridized carbons (Fsp3) is 0.333. The summed E-state index contributed by atoms with van der Waals surface area (Å²) in [7, 11) is 0. The Morgan fingerprint density at radius 3 is 2.68 bits per heavy atom. The third kappa shape index (κ3) is 2.59. The van der Waals surface area contributed by atoms with Crippen LogP contribution < -0.4 is 5.73 Å². The lowest BCUT2D eigenvalue weighted by atomic mass is 10.00. The molecule has 1 aliphatic rings. The normalized spacial score (nSPS) is 21.0. The molecule has 2 atom stereocenters. The van der Waals surface area contributed by atoms with Crippen LogP contribution in [0.2, 0.25) is 0 Å². The van der Waals surface area contributed by atoms with Crippen LogP contribution in [0.4, 0.5) is 0 Å². The highest BCUT2D eigenvalue weighted by atomic mass is 32.1. The number of likely N-dealkylation sites (tertiary alicyclic amines) is 1. The van der Waals surface area contributed by atoms with Gasteiger partial charge in [-0.3, -0.25) is 9.59 Å². The average molecular weight is 316 g/mol. The van der Waals surface area contributed by atoms with Gasteiger partial charge in [-0.15, -0.1) is 0 Å². The van der Waals surface area contributed by atoms with Crippen molar-refractivity contribution in [3.8, 4) is 0 Å². The van der Waals surface area contributed by atoms with Crippen molar-refractivity contribution < 1.29 is 9.59 Å². The van der Waals surface area contributed by atoms with Crippen molar-refractivity contribution in [2.45, 2.75) is 25.3 Å². The van der Waals surface area contributed by atoms with E-state index in [1.54, 1.807) is 16.2 Å². The van der Waals surface area contributed by atoms with E-state index in [1.807, 2.05) is 12.3 Å². The minimum Gasteiger partial charge on any atom is -0.364 e. The first-order chi connectivity index (χ1) is 10.6. The first-order valence-electron chi connectivity index (χ1n) is 7.01. The summed E-state index contributed by atoms with van der Waals surface area (Å²) < 4.78 is 0. The molecule has 0 unspecified atom stereocenters. The summed E-state index contributed by atoms with van der Waals surface area (Å²) in [6.07, 6.45) is 3.66. The number of aromatic nitrogens is 2. The van der Waals surface area contributed by atoms with Crippen LogP contribution in [-0.4, -0.2) is 39.3 Å². The average Bonchev–Trinajstić information content (AvgIpc) is 3.15. The fourth-order valence-corrected chi connectivity index (χ4v) is 3.62. The molecular weight excluding hydrogens is 300 g/mol. The molecule has 7 heteroatoms. The van der Waals surface area contributed by atoms with Gasteiger partial charge in [-0.05, 0) is 35.7 Å². The van der Waals surface area contributed by atoms with Crippen LogP contribution in [0.15, 0.2) is 29.2 Å². The van der Waals surface area contributed by atoms with E-state index < -0.39 is 5.91 Å². The highest BCUT2D eigenvalue weighted by molar-refractivity contribution is 7.08. The lowest BCUT2D eigenvalue weighted by Gasteiger charge is -2.21. The lowest BCUT2D eigenvalue weighted by molar-refractivity contribution is 0.0733. The molecule has 3 rings (SSSR count). The molecule has 0 aromatic carbocycles. The van der Waals surface area contributed by atoms with Crippen molar-refractivity contribution in [2.75, 3.05) is 6.54 Å². The summed E-state index contributed by atoms with van der Waals surface area (Å²) in [4.78, 5) is 33.8. The van der Waals surface area contributed by atoms with Gasteiger partial charge in [0.25, 0.3) is 11.8 Å². The van der Waals surface area contributed by atoms with Gasteiger partial charge in [0.05, 0.1) is 0 Å². The molecular formula is C15H16N4O2S. The molecule has 6 nitrogen and oxygen atoms in total. The zero-order valence-corrected chi connectivity index (χ0v) is 12.9. The molecule has 0 aliphatic carbocycles. The number of thiophene rings is 1. The number of hydrogen-bond acceptors (Lipinski definition) is 5. The van der Waals surface area contributed by atoms with Crippen LogP contribution in [0.5, 0.6) is 0 Å². The Labute approximate surface area is 132 Å². The number of hydrogen-bond donors (Lipinski definition) is 1. The summed E-state index contributed by atoms with van der Waals surface area (Å²) >= 11 is 1.65. The molecule has 3 heterocycles. The minimum atomic E-state index is -0.738. The van der Waals surface area contributed by atoms with Crippen molar-refractivity contribution in [3.05, 3.63) is 46.2 Å². The maximum atomic E-state index is 12.7. The molecule has 0 bridgehead atoms. The molecule has 0 radical (unpaired) electrons. The van der Waals surface area contributed by atoms with Gasteiger partial charge < -0.3 is 10.6 Å². The number of amides is 2. The Bertz CT molecular complexity index is 701. The minimum absolute atomic E-state index is 0.0350. The predicted molar refractivity (Wildman–Crippen MR) is 82.7 cm³/mol. The van der Waals surface area contributed by atoms with Gasteiger partial charge in [-0.2, -0.15) is 11.3 Å².